The van der Waals surface area contributed by atoms with Crippen molar-refractivity contribution in [3.63, 3.8) is 0 Å². The predicted molar refractivity (Wildman–Crippen MR) is 91.3 cm³/mol. The van der Waals surface area contributed by atoms with Gasteiger partial charge in [-0.1, -0.05) is 30.3 Å². The summed E-state index contributed by atoms with van der Waals surface area (Å²) in [6, 6.07) is 13.8. The van der Waals surface area contributed by atoms with Crippen LogP contribution in [0.25, 0.3) is 0 Å². The molecule has 1 N–H and O–H groups in total. The summed E-state index contributed by atoms with van der Waals surface area (Å²) in [7, 11) is 1.63. The van der Waals surface area contributed by atoms with Crippen LogP contribution < -0.4 is 5.32 Å². The fraction of sp³-hybridized carbons (Fsp3) is 0.316. The van der Waals surface area contributed by atoms with Crippen LogP contribution >= 0.6 is 0 Å². The molecule has 1 aliphatic rings. The molecule has 0 radical (unpaired) electrons. The molecule has 1 fully saturated rings. The molecule has 1 heterocycles. The lowest BCUT2D eigenvalue weighted by molar-refractivity contribution is 0.185. The van der Waals surface area contributed by atoms with E-state index in [2.05, 4.69) is 5.32 Å². The van der Waals surface area contributed by atoms with E-state index in [1.54, 1.807) is 19.2 Å². The molecule has 0 aromatic heterocycles. The highest BCUT2D eigenvalue weighted by Gasteiger charge is 2.30. The van der Waals surface area contributed by atoms with Crippen LogP contribution in [0.4, 0.5) is 14.9 Å². The van der Waals surface area contributed by atoms with Gasteiger partial charge in [0.25, 0.3) is 0 Å². The zero-order valence-corrected chi connectivity index (χ0v) is 13.7. The summed E-state index contributed by atoms with van der Waals surface area (Å²) < 4.78 is 18.3. The normalized spacial score (nSPS) is 17.1. The number of benzene rings is 2. The standard InChI is InChI=1S/C19H21FN2O2/c1-24-13-15-5-2-3-6-17(15)21-19(23)22-12-4-7-18(22)14-8-10-16(20)11-9-14/h2-3,5-6,8-11,18H,4,7,12-13H2,1H3,(H,21,23)/t18-/m1/s1. The summed E-state index contributed by atoms with van der Waals surface area (Å²) in [4.78, 5) is 14.5. The molecule has 2 amide bonds. The van der Waals surface area contributed by atoms with Crippen molar-refractivity contribution in [1.29, 1.82) is 0 Å². The summed E-state index contributed by atoms with van der Waals surface area (Å²) >= 11 is 0. The van der Waals surface area contributed by atoms with Crippen molar-refractivity contribution in [2.45, 2.75) is 25.5 Å². The van der Waals surface area contributed by atoms with Gasteiger partial charge in [0.15, 0.2) is 0 Å². The Labute approximate surface area is 141 Å². The monoisotopic (exact) mass is 328 g/mol. The Morgan fingerprint density at radius 1 is 1.25 bits per heavy atom. The first-order valence-corrected chi connectivity index (χ1v) is 8.09. The van der Waals surface area contributed by atoms with Crippen LogP contribution in [0.2, 0.25) is 0 Å². The molecule has 1 aliphatic heterocycles. The van der Waals surface area contributed by atoms with Gasteiger partial charge in [0.1, 0.15) is 5.82 Å². The third-order valence-corrected chi connectivity index (χ3v) is 4.33. The van der Waals surface area contributed by atoms with Crippen molar-refractivity contribution in [3.8, 4) is 0 Å². The van der Waals surface area contributed by atoms with Crippen LogP contribution in [0, 0.1) is 5.82 Å². The molecular formula is C19H21FN2O2. The van der Waals surface area contributed by atoms with Crippen LogP contribution in [0.1, 0.15) is 30.0 Å². The number of ether oxygens (including phenoxy) is 1. The molecule has 0 aliphatic carbocycles. The number of carbonyl (C=O) groups excluding carboxylic acids is 1. The minimum atomic E-state index is -0.263. The maximum absolute atomic E-state index is 13.1. The quantitative estimate of drug-likeness (QED) is 0.907. The lowest BCUT2D eigenvalue weighted by Gasteiger charge is -2.26. The lowest BCUT2D eigenvalue weighted by Crippen LogP contribution is -2.34. The number of nitrogens with zero attached hydrogens (tertiary/aromatic N) is 1. The smallest absolute Gasteiger partial charge is 0.322 e. The number of para-hydroxylation sites is 1. The first-order chi connectivity index (χ1) is 11.7. The summed E-state index contributed by atoms with van der Waals surface area (Å²) in [6.45, 7) is 1.14. The van der Waals surface area contributed by atoms with Gasteiger partial charge in [-0.2, -0.15) is 0 Å². The summed E-state index contributed by atoms with van der Waals surface area (Å²) in [5.41, 5.74) is 2.66. The topological polar surface area (TPSA) is 41.6 Å². The highest BCUT2D eigenvalue weighted by molar-refractivity contribution is 5.90. The molecule has 0 saturated carbocycles. The molecule has 3 rings (SSSR count). The molecule has 24 heavy (non-hydrogen) atoms. The molecular weight excluding hydrogens is 307 g/mol. The molecule has 5 heteroatoms. The van der Waals surface area contributed by atoms with Gasteiger partial charge in [-0.15, -0.1) is 0 Å². The maximum Gasteiger partial charge on any atom is 0.322 e. The molecule has 0 spiro atoms. The van der Waals surface area contributed by atoms with E-state index in [1.807, 2.05) is 29.2 Å². The van der Waals surface area contributed by atoms with E-state index in [-0.39, 0.29) is 17.9 Å². The van der Waals surface area contributed by atoms with E-state index in [4.69, 9.17) is 4.74 Å². The van der Waals surface area contributed by atoms with Gasteiger partial charge in [0.05, 0.1) is 12.6 Å². The van der Waals surface area contributed by atoms with Gasteiger partial charge in [0, 0.05) is 24.9 Å². The van der Waals surface area contributed by atoms with Crippen LogP contribution in [0.3, 0.4) is 0 Å². The van der Waals surface area contributed by atoms with Crippen molar-refractivity contribution < 1.29 is 13.9 Å². The molecule has 1 saturated heterocycles. The van der Waals surface area contributed by atoms with Gasteiger partial charge in [-0.25, -0.2) is 9.18 Å². The van der Waals surface area contributed by atoms with E-state index in [9.17, 15) is 9.18 Å². The molecule has 2 aromatic carbocycles. The third-order valence-electron chi connectivity index (χ3n) is 4.33. The number of rotatable bonds is 4. The number of likely N-dealkylation sites (tertiary alicyclic amines) is 1. The first kappa shape index (κ1) is 16.5. The summed E-state index contributed by atoms with van der Waals surface area (Å²) in [6.07, 6.45) is 1.83. The minimum Gasteiger partial charge on any atom is -0.380 e. The van der Waals surface area contributed by atoms with E-state index < -0.39 is 0 Å². The Hall–Kier alpha value is -2.40. The SMILES string of the molecule is COCc1ccccc1NC(=O)N1CCC[C@@H]1c1ccc(F)cc1. The number of hydrogen-bond acceptors (Lipinski definition) is 2. The molecule has 126 valence electrons. The van der Waals surface area contributed by atoms with Crippen molar-refractivity contribution in [2.24, 2.45) is 0 Å². The van der Waals surface area contributed by atoms with Gasteiger partial charge in [-0.3, -0.25) is 0 Å². The van der Waals surface area contributed by atoms with Gasteiger partial charge in [0.2, 0.25) is 0 Å². The zero-order valence-electron chi connectivity index (χ0n) is 13.7. The average molecular weight is 328 g/mol. The van der Waals surface area contributed by atoms with Crippen LogP contribution in [-0.2, 0) is 11.3 Å². The Kier molecular flexibility index (Phi) is 5.11. The molecule has 1 atom stereocenters. The number of hydrogen-bond donors (Lipinski definition) is 1. The van der Waals surface area contributed by atoms with Gasteiger partial charge < -0.3 is 15.0 Å². The largest absolute Gasteiger partial charge is 0.380 e. The molecule has 4 nitrogen and oxygen atoms in total. The second-order valence-corrected chi connectivity index (χ2v) is 5.92. The molecule has 0 bridgehead atoms. The molecule has 0 unspecified atom stereocenters. The summed E-state index contributed by atoms with van der Waals surface area (Å²) in [5, 5.41) is 2.98. The number of carbonyl (C=O) groups is 1. The van der Waals surface area contributed by atoms with Crippen molar-refractivity contribution in [2.75, 3.05) is 19.0 Å². The first-order valence-electron chi connectivity index (χ1n) is 8.09. The Morgan fingerprint density at radius 2 is 2.00 bits per heavy atom. The minimum absolute atomic E-state index is 0.0137. The van der Waals surface area contributed by atoms with E-state index in [1.165, 1.54) is 12.1 Å². The zero-order chi connectivity index (χ0) is 16.9. The second-order valence-electron chi connectivity index (χ2n) is 5.92. The number of urea groups is 1. The van der Waals surface area contributed by atoms with Crippen molar-refractivity contribution in [1.82, 2.24) is 4.90 Å². The van der Waals surface area contributed by atoms with Crippen molar-refractivity contribution in [3.05, 3.63) is 65.5 Å². The average Bonchev–Trinajstić information content (AvgIpc) is 3.07. The Morgan fingerprint density at radius 3 is 2.75 bits per heavy atom. The summed E-state index contributed by atoms with van der Waals surface area (Å²) in [5.74, 6) is -0.263. The molecule has 2 aromatic rings. The van der Waals surface area contributed by atoms with Crippen LogP contribution in [-0.4, -0.2) is 24.6 Å². The number of anilines is 1. The highest BCUT2D eigenvalue weighted by Crippen LogP contribution is 2.32. The number of halogens is 1. The number of methoxy groups -OCH3 is 1. The Bertz CT molecular complexity index is 703. The lowest BCUT2D eigenvalue weighted by atomic mass is 10.0. The number of amides is 2. The number of nitrogens with one attached hydrogen (secondary N) is 1. The maximum atomic E-state index is 13.1. The highest BCUT2D eigenvalue weighted by atomic mass is 19.1. The van der Waals surface area contributed by atoms with Crippen molar-refractivity contribution >= 4 is 11.7 Å². The van der Waals surface area contributed by atoms with E-state index in [0.29, 0.717) is 13.2 Å². The van der Waals surface area contributed by atoms with Crippen LogP contribution in [0.5, 0.6) is 0 Å². The Balaban J connectivity index is 1.75. The van der Waals surface area contributed by atoms with E-state index in [0.717, 1.165) is 29.7 Å². The fourth-order valence-corrected chi connectivity index (χ4v) is 3.15. The van der Waals surface area contributed by atoms with Gasteiger partial charge >= 0.3 is 6.03 Å². The third kappa shape index (κ3) is 3.57. The van der Waals surface area contributed by atoms with Gasteiger partial charge in [-0.05, 0) is 36.6 Å². The van der Waals surface area contributed by atoms with E-state index >= 15 is 0 Å². The van der Waals surface area contributed by atoms with Crippen LogP contribution in [0.15, 0.2) is 48.5 Å². The fourth-order valence-electron chi connectivity index (χ4n) is 3.15. The second kappa shape index (κ2) is 7.45. The predicted octanol–water partition coefficient (Wildman–Crippen LogP) is 4.34.